The molecular formula is C8H14AsN. The van der Waals surface area contributed by atoms with Crippen LogP contribution in [0.15, 0.2) is 30.6 Å². The Labute approximate surface area is 67.8 Å². The molecule has 0 aliphatic rings. The van der Waals surface area contributed by atoms with Crippen LogP contribution in [-0.4, -0.2) is 19.6 Å². The van der Waals surface area contributed by atoms with E-state index in [0.29, 0.717) is 0 Å². The minimum atomic E-state index is -0.188. The van der Waals surface area contributed by atoms with E-state index >= 15 is 0 Å². The third kappa shape index (κ3) is 10.6. The Bertz CT molecular complexity index is 110. The molecular weight excluding hydrogens is 185 g/mol. The van der Waals surface area contributed by atoms with Crippen molar-refractivity contribution in [3.8, 4) is 0 Å². The van der Waals surface area contributed by atoms with Gasteiger partial charge >= 0.3 is 31.8 Å². The second kappa shape index (κ2) is 6.82. The number of nitrogens with zero attached hydrogens (tertiary/aromatic N) is 1. The van der Waals surface area contributed by atoms with Gasteiger partial charge in [0.15, 0.2) is 0 Å². The Hall–Kier alpha value is -0.292. The van der Waals surface area contributed by atoms with Crippen molar-refractivity contribution in [1.29, 1.82) is 0 Å². The summed E-state index contributed by atoms with van der Waals surface area (Å²) in [6, 6.07) is 5.72. The van der Waals surface area contributed by atoms with Crippen LogP contribution in [0.5, 0.6) is 0 Å². The maximum Gasteiger partial charge on any atom is 0.0267 e. The quantitative estimate of drug-likeness (QED) is 0.585. The van der Waals surface area contributed by atoms with Gasteiger partial charge in [-0.05, 0) is 12.1 Å². The molecule has 1 nitrogen and oxygen atoms in total. The molecule has 0 radical (unpaired) electrons. The Kier molecular flexibility index (Phi) is 6.62. The molecule has 0 unspecified atom stereocenters. The minimum absolute atomic E-state index is 0.188. The predicted octanol–water partition coefficient (Wildman–Crippen LogP) is 2.45. The fourth-order valence-electron chi connectivity index (χ4n) is 0.313. The molecule has 1 rings (SSSR count). The van der Waals surface area contributed by atoms with Crippen LogP contribution in [0.3, 0.4) is 0 Å². The van der Waals surface area contributed by atoms with Crippen molar-refractivity contribution in [2.75, 3.05) is 0 Å². The summed E-state index contributed by atoms with van der Waals surface area (Å²) in [5.41, 5.74) is 6.94. The molecule has 0 aliphatic heterocycles. The molecule has 1 aromatic rings. The van der Waals surface area contributed by atoms with Crippen LogP contribution < -0.4 is 0 Å². The van der Waals surface area contributed by atoms with Gasteiger partial charge in [-0.25, -0.2) is 0 Å². The molecule has 0 atom stereocenters. The molecule has 0 aromatic carbocycles. The van der Waals surface area contributed by atoms with E-state index in [1.807, 2.05) is 18.2 Å². The largest absolute Gasteiger partial charge is 0.265 e. The Morgan fingerprint density at radius 2 is 1.30 bits per heavy atom. The topological polar surface area (TPSA) is 12.9 Å². The summed E-state index contributed by atoms with van der Waals surface area (Å²) < 4.78 is 0. The molecule has 0 spiro atoms. The maximum absolute atomic E-state index is 3.78. The molecule has 0 fully saturated rings. The summed E-state index contributed by atoms with van der Waals surface area (Å²) in [4.78, 5) is 3.78. The van der Waals surface area contributed by atoms with Gasteiger partial charge in [0, 0.05) is 12.4 Å². The molecule has 0 amide bonds. The van der Waals surface area contributed by atoms with E-state index in [1.54, 1.807) is 12.4 Å². The Balaban J connectivity index is 0.000000180. The van der Waals surface area contributed by atoms with Crippen molar-refractivity contribution in [3.63, 3.8) is 0 Å². The summed E-state index contributed by atoms with van der Waals surface area (Å²) in [7, 11) is 0. The molecule has 1 heterocycles. The van der Waals surface area contributed by atoms with Crippen LogP contribution in [0, 0.1) is 0 Å². The normalized spacial score (nSPS) is 8.40. The summed E-state index contributed by atoms with van der Waals surface area (Å²) in [5, 5.41) is 0. The van der Waals surface area contributed by atoms with E-state index in [1.165, 1.54) is 0 Å². The molecule has 56 valence electrons. The SMILES string of the molecule is C[As](C)C.c1ccncc1. The number of aromatic nitrogens is 1. The minimum Gasteiger partial charge on any atom is -0.265 e. The molecule has 10 heavy (non-hydrogen) atoms. The van der Waals surface area contributed by atoms with E-state index < -0.39 is 0 Å². The smallest absolute Gasteiger partial charge is 0.0267 e. The monoisotopic (exact) mass is 199 g/mol. The first-order valence-corrected chi connectivity index (χ1v) is 8.82. The molecule has 0 aliphatic carbocycles. The number of hydrogen-bond donors (Lipinski definition) is 0. The predicted molar refractivity (Wildman–Crippen MR) is 47.6 cm³/mol. The molecule has 2 heteroatoms. The number of hydrogen-bond acceptors (Lipinski definition) is 1. The standard InChI is InChI=1S/C5H5N.C3H9As/c1-2-4-6-5-3-1;1-4(2)3/h1-5H;1-3H3. The van der Waals surface area contributed by atoms with Crippen LogP contribution in [0.2, 0.25) is 17.1 Å². The van der Waals surface area contributed by atoms with Crippen LogP contribution in [0.4, 0.5) is 0 Å². The third-order valence-corrected chi connectivity index (χ3v) is 0.566. The van der Waals surface area contributed by atoms with Crippen molar-refractivity contribution in [2.45, 2.75) is 17.1 Å². The van der Waals surface area contributed by atoms with Crippen LogP contribution in [0.25, 0.3) is 0 Å². The van der Waals surface area contributed by atoms with Crippen molar-refractivity contribution >= 4 is 14.7 Å². The maximum atomic E-state index is 3.78. The van der Waals surface area contributed by atoms with E-state index in [9.17, 15) is 0 Å². The molecule has 1 aromatic heterocycles. The third-order valence-electron chi connectivity index (χ3n) is 0.566. The van der Waals surface area contributed by atoms with Crippen LogP contribution in [-0.2, 0) is 0 Å². The first-order valence-electron chi connectivity index (χ1n) is 3.19. The van der Waals surface area contributed by atoms with Crippen LogP contribution in [0.1, 0.15) is 0 Å². The number of rotatable bonds is 0. The molecule has 0 N–H and O–H groups in total. The van der Waals surface area contributed by atoms with Crippen molar-refractivity contribution in [2.24, 2.45) is 0 Å². The van der Waals surface area contributed by atoms with Gasteiger partial charge in [-0.3, -0.25) is 4.98 Å². The first kappa shape index (κ1) is 9.71. The van der Waals surface area contributed by atoms with Gasteiger partial charge < -0.3 is 0 Å². The number of pyridine rings is 1. The van der Waals surface area contributed by atoms with Gasteiger partial charge in [0.1, 0.15) is 0 Å². The first-order chi connectivity index (χ1) is 4.73. The van der Waals surface area contributed by atoms with E-state index in [4.69, 9.17) is 0 Å². The van der Waals surface area contributed by atoms with E-state index in [-0.39, 0.29) is 14.7 Å². The second-order valence-electron chi connectivity index (χ2n) is 2.37. The van der Waals surface area contributed by atoms with Gasteiger partial charge in [0.2, 0.25) is 0 Å². The van der Waals surface area contributed by atoms with Gasteiger partial charge in [0.25, 0.3) is 0 Å². The summed E-state index contributed by atoms with van der Waals surface area (Å²) >= 11 is -0.188. The van der Waals surface area contributed by atoms with Gasteiger partial charge in [-0.15, -0.1) is 0 Å². The molecule has 0 saturated heterocycles. The van der Waals surface area contributed by atoms with Crippen molar-refractivity contribution in [1.82, 2.24) is 4.98 Å². The fourth-order valence-corrected chi connectivity index (χ4v) is 0.313. The molecule has 0 saturated carbocycles. The zero-order valence-electron chi connectivity index (χ0n) is 6.78. The van der Waals surface area contributed by atoms with E-state index in [0.717, 1.165) is 0 Å². The summed E-state index contributed by atoms with van der Waals surface area (Å²) in [6.45, 7) is 0. The average molecular weight is 199 g/mol. The Morgan fingerprint density at radius 1 is 0.900 bits per heavy atom. The summed E-state index contributed by atoms with van der Waals surface area (Å²) in [6.07, 6.45) is 3.50. The van der Waals surface area contributed by atoms with Crippen molar-refractivity contribution < 1.29 is 0 Å². The summed E-state index contributed by atoms with van der Waals surface area (Å²) in [5.74, 6) is 0. The van der Waals surface area contributed by atoms with Crippen LogP contribution >= 0.6 is 0 Å². The fraction of sp³-hybridized carbons (Fsp3) is 0.375. The average Bonchev–Trinajstić information content (AvgIpc) is 1.90. The van der Waals surface area contributed by atoms with Gasteiger partial charge in [0.05, 0.1) is 0 Å². The van der Waals surface area contributed by atoms with Gasteiger partial charge in [-0.1, -0.05) is 6.07 Å². The Morgan fingerprint density at radius 3 is 1.40 bits per heavy atom. The zero-order chi connectivity index (χ0) is 7.82. The van der Waals surface area contributed by atoms with Crippen molar-refractivity contribution in [3.05, 3.63) is 30.6 Å². The van der Waals surface area contributed by atoms with Gasteiger partial charge in [-0.2, -0.15) is 0 Å². The van der Waals surface area contributed by atoms with E-state index in [2.05, 4.69) is 22.1 Å². The zero-order valence-corrected chi connectivity index (χ0v) is 8.66. The second-order valence-corrected chi connectivity index (χ2v) is 8.00. The molecule has 0 bridgehead atoms.